The predicted octanol–water partition coefficient (Wildman–Crippen LogP) is 15.7. The monoisotopic (exact) mass is 819 g/mol. The van der Waals surface area contributed by atoms with Gasteiger partial charge < -0.3 is 18.1 Å². The second kappa shape index (κ2) is 13.7. The maximum Gasteiger partial charge on any atom is 0.143 e. The molecule has 2 aliphatic rings. The van der Waals surface area contributed by atoms with E-state index in [1.807, 2.05) is 0 Å². The predicted molar refractivity (Wildman–Crippen MR) is 267 cm³/mol. The molecule has 12 aromatic rings. The summed E-state index contributed by atoms with van der Waals surface area (Å²) in [7, 11) is 0. The number of aromatic nitrogens is 3. The molecular formula is C60H41N3O. The smallest absolute Gasteiger partial charge is 0.143 e. The Morgan fingerprint density at radius 1 is 0.391 bits per heavy atom. The van der Waals surface area contributed by atoms with Crippen molar-refractivity contribution in [2.24, 2.45) is 0 Å². The summed E-state index contributed by atoms with van der Waals surface area (Å²) in [6.07, 6.45) is 11.2. The van der Waals surface area contributed by atoms with E-state index in [1.54, 1.807) is 0 Å². The summed E-state index contributed by atoms with van der Waals surface area (Å²) in [4.78, 5) is 0. The van der Waals surface area contributed by atoms with Gasteiger partial charge in [-0.05, 0) is 138 Å². The fourth-order valence-corrected chi connectivity index (χ4v) is 11.2. The largest absolute Gasteiger partial charge is 0.455 e. The quantitative estimate of drug-likeness (QED) is 0.170. The van der Waals surface area contributed by atoms with E-state index in [0.29, 0.717) is 0 Å². The number of allylic oxidation sites excluding steroid dienone is 2. The van der Waals surface area contributed by atoms with Crippen molar-refractivity contribution >= 4 is 83.3 Å². The van der Waals surface area contributed by atoms with Crippen LogP contribution >= 0.6 is 0 Å². The molecule has 0 amide bonds. The first-order chi connectivity index (χ1) is 31.7. The minimum Gasteiger partial charge on any atom is -0.455 e. The minimum absolute atomic E-state index is 0.904. The average molecular weight is 820 g/mol. The molecule has 0 radical (unpaired) electrons. The summed E-state index contributed by atoms with van der Waals surface area (Å²) >= 11 is 0. The van der Waals surface area contributed by atoms with Crippen molar-refractivity contribution in [3.8, 4) is 28.2 Å². The van der Waals surface area contributed by atoms with Crippen molar-refractivity contribution in [3.63, 3.8) is 0 Å². The molecule has 0 saturated carbocycles. The average Bonchev–Trinajstić information content (AvgIpc) is 4.10. The van der Waals surface area contributed by atoms with Gasteiger partial charge >= 0.3 is 0 Å². The third kappa shape index (κ3) is 5.17. The molecule has 0 atom stereocenters. The summed E-state index contributed by atoms with van der Waals surface area (Å²) in [6, 6.07) is 66.7. The van der Waals surface area contributed by atoms with Gasteiger partial charge in [-0.25, -0.2) is 0 Å². The molecule has 302 valence electrons. The van der Waals surface area contributed by atoms with Gasteiger partial charge in [0.15, 0.2) is 0 Å². The molecule has 4 nitrogen and oxygen atoms in total. The Kier molecular flexibility index (Phi) is 7.61. The SMILES string of the molecule is C1=Cc2c(c3ccccc3n2-c2cccc(-n3c4ccccc4c4ccc(-c5cc(C6=Cc7c(c8ccccc8n7-c7ccccc7)CC6)cc6c5oc5ccccc56)cc43)c2)CC1. The van der Waals surface area contributed by atoms with E-state index >= 15 is 0 Å². The Morgan fingerprint density at radius 3 is 1.81 bits per heavy atom. The standard InChI is InChI=1S/C60H41N3O/c1-2-15-41(16-3-1)61-53-24-9-6-21-46(53)48-31-29-38(35-57(48)61)40-33-51(60-52(34-40)50-23-8-13-28-59(50)64-60)39-30-32-49-47-22-7-12-27-56(47)63(58(49)36-39)43-18-14-17-42(37-43)62-54-25-10-4-19-44(54)45-20-5-11-26-55(45)62/h1-4,6-19,21-28,30,32-37H,5,20,29,31H2. The third-order valence-corrected chi connectivity index (χ3v) is 14.0. The first-order valence-electron chi connectivity index (χ1n) is 22.5. The van der Waals surface area contributed by atoms with Crippen LogP contribution in [0.2, 0.25) is 0 Å². The van der Waals surface area contributed by atoms with Crippen LogP contribution in [0.15, 0.2) is 192 Å². The van der Waals surface area contributed by atoms with Gasteiger partial charge in [0.25, 0.3) is 0 Å². The molecule has 4 heterocycles. The molecule has 0 saturated heterocycles. The van der Waals surface area contributed by atoms with Gasteiger partial charge in [0, 0.05) is 60.6 Å². The van der Waals surface area contributed by atoms with Gasteiger partial charge in [-0.1, -0.05) is 115 Å². The van der Waals surface area contributed by atoms with Crippen molar-refractivity contribution in [1.82, 2.24) is 13.7 Å². The fraction of sp³-hybridized carbons (Fsp3) is 0.0667. The molecular weight excluding hydrogens is 779 g/mol. The van der Waals surface area contributed by atoms with Gasteiger partial charge in [0.1, 0.15) is 11.2 Å². The van der Waals surface area contributed by atoms with Crippen LogP contribution < -0.4 is 0 Å². The highest BCUT2D eigenvalue weighted by Gasteiger charge is 2.25. The van der Waals surface area contributed by atoms with E-state index in [-0.39, 0.29) is 0 Å². The van der Waals surface area contributed by atoms with Crippen LogP contribution in [0.25, 0.3) is 111 Å². The summed E-state index contributed by atoms with van der Waals surface area (Å²) in [6.45, 7) is 0. The number of rotatable bonds is 5. The zero-order chi connectivity index (χ0) is 41.9. The lowest BCUT2D eigenvalue weighted by atomic mass is 9.88. The molecule has 14 rings (SSSR count). The molecule has 4 heteroatoms. The lowest BCUT2D eigenvalue weighted by Gasteiger charge is -2.18. The van der Waals surface area contributed by atoms with Crippen LogP contribution in [0.3, 0.4) is 0 Å². The van der Waals surface area contributed by atoms with Crippen molar-refractivity contribution in [3.05, 3.63) is 216 Å². The number of benzene rings is 8. The normalized spacial score (nSPS) is 13.7. The maximum absolute atomic E-state index is 6.84. The van der Waals surface area contributed by atoms with Gasteiger partial charge in [-0.2, -0.15) is 0 Å². The Labute approximate surface area is 369 Å². The Hall–Kier alpha value is -8.08. The first kappa shape index (κ1) is 35.5. The highest BCUT2D eigenvalue weighted by Crippen LogP contribution is 2.44. The van der Waals surface area contributed by atoms with Crippen molar-refractivity contribution in [2.45, 2.75) is 25.7 Å². The van der Waals surface area contributed by atoms with E-state index in [2.05, 4.69) is 214 Å². The molecule has 0 N–H and O–H groups in total. The molecule has 0 bridgehead atoms. The topological polar surface area (TPSA) is 27.9 Å². The fourth-order valence-electron chi connectivity index (χ4n) is 11.2. The molecule has 0 fully saturated rings. The zero-order valence-electron chi connectivity index (χ0n) is 35.1. The van der Waals surface area contributed by atoms with Gasteiger partial charge in [-0.15, -0.1) is 0 Å². The minimum atomic E-state index is 0.904. The number of fused-ring (bicyclic) bond motifs is 12. The van der Waals surface area contributed by atoms with Gasteiger partial charge in [0.05, 0.1) is 27.8 Å². The van der Waals surface area contributed by atoms with Crippen LogP contribution in [0.5, 0.6) is 0 Å². The van der Waals surface area contributed by atoms with E-state index in [0.717, 1.165) is 70.1 Å². The molecule has 0 unspecified atom stereocenters. The molecule has 0 spiro atoms. The molecule has 0 aliphatic heterocycles. The molecule has 2 aliphatic carbocycles. The summed E-state index contributed by atoms with van der Waals surface area (Å²) in [5, 5.41) is 7.42. The summed E-state index contributed by atoms with van der Waals surface area (Å²) < 4.78 is 14.2. The van der Waals surface area contributed by atoms with Gasteiger partial charge in [0.2, 0.25) is 0 Å². The third-order valence-electron chi connectivity index (χ3n) is 14.0. The van der Waals surface area contributed by atoms with Crippen LogP contribution in [-0.4, -0.2) is 13.7 Å². The number of aryl methyl sites for hydroxylation is 2. The lowest BCUT2D eigenvalue weighted by Crippen LogP contribution is -2.03. The Morgan fingerprint density at radius 2 is 1.02 bits per heavy atom. The van der Waals surface area contributed by atoms with E-state index in [1.165, 1.54) is 83.0 Å². The molecule has 4 aromatic heterocycles. The van der Waals surface area contributed by atoms with Crippen molar-refractivity contribution in [1.29, 1.82) is 0 Å². The molecule has 8 aromatic carbocycles. The maximum atomic E-state index is 6.84. The number of para-hydroxylation sites is 5. The van der Waals surface area contributed by atoms with Crippen molar-refractivity contribution < 1.29 is 4.42 Å². The Bertz CT molecular complexity index is 3960. The van der Waals surface area contributed by atoms with E-state index in [9.17, 15) is 0 Å². The van der Waals surface area contributed by atoms with Crippen molar-refractivity contribution in [2.75, 3.05) is 0 Å². The first-order valence-corrected chi connectivity index (χ1v) is 22.5. The van der Waals surface area contributed by atoms with E-state index in [4.69, 9.17) is 4.42 Å². The lowest BCUT2D eigenvalue weighted by molar-refractivity contribution is 0.670. The summed E-state index contributed by atoms with van der Waals surface area (Å²) in [5.41, 5.74) is 20.4. The van der Waals surface area contributed by atoms with Crippen LogP contribution in [0, 0.1) is 0 Å². The highest BCUT2D eigenvalue weighted by atomic mass is 16.3. The van der Waals surface area contributed by atoms with Crippen LogP contribution in [0.1, 0.15) is 40.9 Å². The number of hydrogen-bond donors (Lipinski definition) is 0. The molecule has 64 heavy (non-hydrogen) atoms. The zero-order valence-corrected chi connectivity index (χ0v) is 35.1. The van der Waals surface area contributed by atoms with E-state index < -0.39 is 0 Å². The van der Waals surface area contributed by atoms with Crippen LogP contribution in [-0.2, 0) is 12.8 Å². The summed E-state index contributed by atoms with van der Waals surface area (Å²) in [5.74, 6) is 0. The number of nitrogens with zero attached hydrogens (tertiary/aromatic N) is 3. The van der Waals surface area contributed by atoms with Crippen LogP contribution in [0.4, 0.5) is 0 Å². The van der Waals surface area contributed by atoms with Gasteiger partial charge in [-0.3, -0.25) is 0 Å². The second-order valence-electron chi connectivity index (χ2n) is 17.5. The second-order valence-corrected chi connectivity index (χ2v) is 17.5. The number of furan rings is 1. The highest BCUT2D eigenvalue weighted by molar-refractivity contribution is 6.14. The number of hydrogen-bond acceptors (Lipinski definition) is 1. The Balaban J connectivity index is 0.980.